The van der Waals surface area contributed by atoms with Crippen molar-refractivity contribution >= 4 is 0 Å². The van der Waals surface area contributed by atoms with Crippen LogP contribution < -0.4 is 5.73 Å². The Morgan fingerprint density at radius 1 is 1.44 bits per heavy atom. The van der Waals surface area contributed by atoms with Crippen molar-refractivity contribution in [2.75, 3.05) is 6.61 Å². The van der Waals surface area contributed by atoms with E-state index in [-0.39, 0.29) is 5.54 Å². The molecule has 16 heavy (non-hydrogen) atoms. The Hall–Kier alpha value is -1.12. The normalized spacial score (nSPS) is 27.7. The van der Waals surface area contributed by atoms with Gasteiger partial charge in [0.1, 0.15) is 0 Å². The summed E-state index contributed by atoms with van der Waals surface area (Å²) in [5.41, 5.74) is 7.27. The highest BCUT2D eigenvalue weighted by atomic mass is 16.5. The second kappa shape index (κ2) is 4.81. The SMILES string of the molecule is C=CC[C@H]1C[C@@]1(N)COCc1ccccc1. The Balaban J connectivity index is 1.71. The first-order chi connectivity index (χ1) is 7.74. The molecule has 1 aromatic carbocycles. The van der Waals surface area contributed by atoms with Gasteiger partial charge >= 0.3 is 0 Å². The van der Waals surface area contributed by atoms with E-state index in [1.165, 1.54) is 5.56 Å². The van der Waals surface area contributed by atoms with E-state index in [0.29, 0.717) is 19.1 Å². The van der Waals surface area contributed by atoms with Crippen LogP contribution in [0.4, 0.5) is 0 Å². The highest BCUT2D eigenvalue weighted by Gasteiger charge is 2.49. The van der Waals surface area contributed by atoms with Crippen LogP contribution in [0.2, 0.25) is 0 Å². The zero-order valence-corrected chi connectivity index (χ0v) is 9.56. The largest absolute Gasteiger partial charge is 0.375 e. The predicted octanol–water partition coefficient (Wildman–Crippen LogP) is 2.50. The minimum absolute atomic E-state index is 0.0943. The van der Waals surface area contributed by atoms with Gasteiger partial charge in [0.2, 0.25) is 0 Å². The maximum atomic E-state index is 6.17. The van der Waals surface area contributed by atoms with Crippen LogP contribution in [0, 0.1) is 5.92 Å². The lowest BCUT2D eigenvalue weighted by Gasteiger charge is -2.11. The van der Waals surface area contributed by atoms with Crippen molar-refractivity contribution in [1.29, 1.82) is 0 Å². The van der Waals surface area contributed by atoms with Gasteiger partial charge in [-0.3, -0.25) is 0 Å². The summed E-state index contributed by atoms with van der Waals surface area (Å²) in [7, 11) is 0. The number of nitrogens with two attached hydrogens (primary N) is 1. The van der Waals surface area contributed by atoms with Crippen molar-refractivity contribution < 1.29 is 4.74 Å². The lowest BCUT2D eigenvalue weighted by Crippen LogP contribution is -2.31. The van der Waals surface area contributed by atoms with Gasteiger partial charge in [0, 0.05) is 5.54 Å². The van der Waals surface area contributed by atoms with Crippen LogP contribution in [0.1, 0.15) is 18.4 Å². The molecule has 1 aliphatic rings. The van der Waals surface area contributed by atoms with Crippen molar-refractivity contribution in [3.8, 4) is 0 Å². The second-order valence-corrected chi connectivity index (χ2v) is 4.64. The number of benzene rings is 1. The molecule has 0 spiro atoms. The number of hydrogen-bond acceptors (Lipinski definition) is 2. The molecule has 0 radical (unpaired) electrons. The highest BCUT2D eigenvalue weighted by Crippen LogP contribution is 2.43. The van der Waals surface area contributed by atoms with Gasteiger partial charge in [0.15, 0.2) is 0 Å². The van der Waals surface area contributed by atoms with Crippen molar-refractivity contribution in [3.05, 3.63) is 48.6 Å². The third-order valence-corrected chi connectivity index (χ3v) is 3.21. The summed E-state index contributed by atoms with van der Waals surface area (Å²) in [6, 6.07) is 10.2. The van der Waals surface area contributed by atoms with Crippen LogP contribution >= 0.6 is 0 Å². The zero-order valence-electron chi connectivity index (χ0n) is 9.56. The molecule has 1 fully saturated rings. The monoisotopic (exact) mass is 217 g/mol. The fourth-order valence-electron chi connectivity index (χ4n) is 2.03. The third-order valence-electron chi connectivity index (χ3n) is 3.21. The van der Waals surface area contributed by atoms with Gasteiger partial charge < -0.3 is 10.5 Å². The Kier molecular flexibility index (Phi) is 3.42. The maximum Gasteiger partial charge on any atom is 0.0717 e. The average Bonchev–Trinajstić information content (AvgIpc) is 2.91. The Labute approximate surface area is 97.1 Å². The van der Waals surface area contributed by atoms with E-state index in [0.717, 1.165) is 12.8 Å². The molecule has 0 bridgehead atoms. The van der Waals surface area contributed by atoms with Gasteiger partial charge in [-0.2, -0.15) is 0 Å². The number of ether oxygens (including phenoxy) is 1. The fourth-order valence-corrected chi connectivity index (χ4v) is 2.03. The standard InChI is InChI=1S/C14H19NO/c1-2-6-13-9-14(13,15)11-16-10-12-7-4-3-5-8-12/h2-5,7-8,13H,1,6,9-11,15H2/t13-,14+/m0/s1. The molecule has 2 atom stereocenters. The van der Waals surface area contributed by atoms with Crippen molar-refractivity contribution in [2.45, 2.75) is 25.0 Å². The summed E-state index contributed by atoms with van der Waals surface area (Å²) < 4.78 is 5.66. The van der Waals surface area contributed by atoms with Crippen LogP contribution in [-0.4, -0.2) is 12.1 Å². The molecular weight excluding hydrogens is 198 g/mol. The molecule has 2 rings (SSSR count). The van der Waals surface area contributed by atoms with Gasteiger partial charge in [-0.25, -0.2) is 0 Å². The van der Waals surface area contributed by atoms with Crippen molar-refractivity contribution in [1.82, 2.24) is 0 Å². The van der Waals surface area contributed by atoms with E-state index in [1.54, 1.807) is 0 Å². The lowest BCUT2D eigenvalue weighted by atomic mass is 10.2. The second-order valence-electron chi connectivity index (χ2n) is 4.64. The molecule has 0 aromatic heterocycles. The molecular formula is C14H19NO. The summed E-state index contributed by atoms with van der Waals surface area (Å²) in [5, 5.41) is 0. The fraction of sp³-hybridized carbons (Fsp3) is 0.429. The van der Waals surface area contributed by atoms with Crippen LogP contribution in [0.15, 0.2) is 43.0 Å². The molecule has 2 heteroatoms. The van der Waals surface area contributed by atoms with Crippen molar-refractivity contribution in [3.63, 3.8) is 0 Å². The molecule has 0 aliphatic heterocycles. The Bertz CT molecular complexity index is 349. The molecule has 2 nitrogen and oxygen atoms in total. The van der Waals surface area contributed by atoms with E-state index in [9.17, 15) is 0 Å². The summed E-state index contributed by atoms with van der Waals surface area (Å²) in [6.45, 7) is 5.04. The van der Waals surface area contributed by atoms with E-state index >= 15 is 0 Å². The molecule has 0 amide bonds. The number of hydrogen-bond donors (Lipinski definition) is 1. The van der Waals surface area contributed by atoms with Crippen LogP contribution in [0.3, 0.4) is 0 Å². The first-order valence-corrected chi connectivity index (χ1v) is 5.76. The van der Waals surface area contributed by atoms with E-state index in [1.807, 2.05) is 24.3 Å². The molecule has 2 N–H and O–H groups in total. The Morgan fingerprint density at radius 2 is 2.19 bits per heavy atom. The Morgan fingerprint density at radius 3 is 2.88 bits per heavy atom. The molecule has 1 aliphatic carbocycles. The van der Waals surface area contributed by atoms with Gasteiger partial charge in [-0.05, 0) is 24.3 Å². The minimum atomic E-state index is -0.0943. The molecule has 1 aromatic rings. The first kappa shape index (κ1) is 11.4. The number of rotatable bonds is 6. The van der Waals surface area contributed by atoms with Gasteiger partial charge in [-0.1, -0.05) is 36.4 Å². The van der Waals surface area contributed by atoms with Gasteiger partial charge in [-0.15, -0.1) is 6.58 Å². The summed E-state index contributed by atoms with van der Waals surface area (Å²) in [6.07, 6.45) is 4.01. The predicted molar refractivity (Wildman–Crippen MR) is 65.9 cm³/mol. The third kappa shape index (κ3) is 2.71. The number of allylic oxidation sites excluding steroid dienone is 1. The zero-order chi connectivity index (χ0) is 11.4. The summed E-state index contributed by atoms with van der Waals surface area (Å²) in [5.74, 6) is 0.570. The molecule has 0 heterocycles. The molecule has 86 valence electrons. The van der Waals surface area contributed by atoms with Crippen LogP contribution in [0.5, 0.6) is 0 Å². The van der Waals surface area contributed by atoms with Gasteiger partial charge in [0.05, 0.1) is 13.2 Å². The summed E-state index contributed by atoms with van der Waals surface area (Å²) >= 11 is 0. The van der Waals surface area contributed by atoms with Crippen LogP contribution in [-0.2, 0) is 11.3 Å². The minimum Gasteiger partial charge on any atom is -0.375 e. The quantitative estimate of drug-likeness (QED) is 0.743. The van der Waals surface area contributed by atoms with Crippen molar-refractivity contribution in [2.24, 2.45) is 11.7 Å². The highest BCUT2D eigenvalue weighted by molar-refractivity contribution is 5.14. The topological polar surface area (TPSA) is 35.2 Å². The van der Waals surface area contributed by atoms with Crippen LogP contribution in [0.25, 0.3) is 0 Å². The lowest BCUT2D eigenvalue weighted by molar-refractivity contribution is 0.0981. The van der Waals surface area contributed by atoms with E-state index in [4.69, 9.17) is 10.5 Å². The first-order valence-electron chi connectivity index (χ1n) is 5.76. The van der Waals surface area contributed by atoms with E-state index in [2.05, 4.69) is 18.7 Å². The summed E-state index contributed by atoms with van der Waals surface area (Å²) in [4.78, 5) is 0. The molecule has 0 unspecified atom stereocenters. The smallest absolute Gasteiger partial charge is 0.0717 e. The van der Waals surface area contributed by atoms with Gasteiger partial charge in [0.25, 0.3) is 0 Å². The van der Waals surface area contributed by atoms with E-state index < -0.39 is 0 Å². The maximum absolute atomic E-state index is 6.17. The molecule has 1 saturated carbocycles. The average molecular weight is 217 g/mol. The molecule has 0 saturated heterocycles.